The van der Waals surface area contributed by atoms with Gasteiger partial charge in [-0.05, 0) is 67.3 Å². The van der Waals surface area contributed by atoms with Gasteiger partial charge in [0.15, 0.2) is 28.5 Å². The van der Waals surface area contributed by atoms with Crippen molar-refractivity contribution in [3.63, 3.8) is 0 Å². The molecule has 1 spiro atoms. The molecule has 0 bridgehead atoms. The second kappa shape index (κ2) is 15.1. The zero-order valence-electron chi connectivity index (χ0n) is 32.8. The maximum atomic E-state index is 14.3. The Bertz CT molecular complexity index is 2100. The highest BCUT2D eigenvalue weighted by Crippen LogP contribution is 2.52. The zero-order chi connectivity index (χ0) is 40.8. The Morgan fingerprint density at radius 1 is 1.13 bits per heavy atom. The van der Waals surface area contributed by atoms with Crippen LogP contribution in [0.2, 0.25) is 36.3 Å². The van der Waals surface area contributed by atoms with Crippen molar-refractivity contribution in [1.29, 1.82) is 0 Å². The number of amides is 1. The third kappa shape index (κ3) is 8.40. The summed E-state index contributed by atoms with van der Waals surface area (Å²) in [5.41, 5.74) is 12.1. The average Bonchev–Trinajstić information content (AvgIpc) is 3.46. The SMILES string of the molecule is Cc1cn([C@@H]2O[C@H](CO[Si](C)(C)C(C)(C)C)[C@@]3(OS(=O)(=O)C=C3N)[C@H]2O[Si](C)(C)C(C)(C)C)c(=O)n(CCCNC(=O)c2ccc(N=[N+]=[N-])cc2O)c1=O. The molecule has 0 unspecified atom stereocenters. The summed E-state index contributed by atoms with van der Waals surface area (Å²) in [6.07, 6.45) is -2.21. The smallest absolute Gasteiger partial charge is 0.333 e. The quantitative estimate of drug-likeness (QED) is 0.0644. The van der Waals surface area contributed by atoms with Gasteiger partial charge >= 0.3 is 5.69 Å². The molecule has 2 aliphatic heterocycles. The Morgan fingerprint density at radius 2 is 1.76 bits per heavy atom. The van der Waals surface area contributed by atoms with Crippen molar-refractivity contribution in [3.05, 3.63) is 77.9 Å². The summed E-state index contributed by atoms with van der Waals surface area (Å²) in [6.45, 7) is 21.6. The molecule has 4 atom stereocenters. The number of nitrogens with one attached hydrogen (secondary N) is 1. The minimum absolute atomic E-state index is 0.0240. The fraction of sp³-hybridized carbons (Fsp3) is 0.618. The highest BCUT2D eigenvalue weighted by Gasteiger charge is 2.67. The van der Waals surface area contributed by atoms with Gasteiger partial charge in [0.05, 0.1) is 23.3 Å². The van der Waals surface area contributed by atoms with Crippen LogP contribution in [0.15, 0.2) is 50.2 Å². The molecule has 0 saturated carbocycles. The van der Waals surface area contributed by atoms with Crippen LogP contribution in [-0.2, 0) is 34.4 Å². The molecule has 2 aromatic rings. The van der Waals surface area contributed by atoms with Gasteiger partial charge in [-0.1, -0.05) is 52.7 Å². The maximum absolute atomic E-state index is 14.3. The predicted molar refractivity (Wildman–Crippen MR) is 208 cm³/mol. The first-order valence-corrected chi connectivity index (χ1v) is 24.9. The lowest BCUT2D eigenvalue weighted by molar-refractivity contribution is -0.0567. The number of carbonyl (C=O) groups is 1. The van der Waals surface area contributed by atoms with E-state index >= 15 is 0 Å². The molecule has 17 nitrogen and oxygen atoms in total. The van der Waals surface area contributed by atoms with Gasteiger partial charge in [0, 0.05) is 35.4 Å². The zero-order valence-corrected chi connectivity index (χ0v) is 35.6. The van der Waals surface area contributed by atoms with Gasteiger partial charge in [-0.15, -0.1) is 0 Å². The highest BCUT2D eigenvalue weighted by molar-refractivity contribution is 7.90. The van der Waals surface area contributed by atoms with Crippen LogP contribution in [0.25, 0.3) is 10.4 Å². The molecular formula is C34H53N7O10SSi2. The van der Waals surface area contributed by atoms with Crippen LogP contribution < -0.4 is 22.3 Å². The summed E-state index contributed by atoms with van der Waals surface area (Å²) in [4.78, 5) is 43.1. The van der Waals surface area contributed by atoms with E-state index in [0.717, 1.165) is 16.0 Å². The fourth-order valence-corrected chi connectivity index (χ4v) is 9.22. The third-order valence-electron chi connectivity index (χ3n) is 10.9. The molecule has 1 aromatic heterocycles. The van der Waals surface area contributed by atoms with E-state index in [0.29, 0.717) is 0 Å². The summed E-state index contributed by atoms with van der Waals surface area (Å²) >= 11 is 0. The van der Waals surface area contributed by atoms with E-state index in [2.05, 4.69) is 36.1 Å². The van der Waals surface area contributed by atoms with Crippen LogP contribution in [0.3, 0.4) is 0 Å². The van der Waals surface area contributed by atoms with Crippen molar-refractivity contribution in [2.24, 2.45) is 10.8 Å². The Labute approximate surface area is 317 Å². The number of hydrogen-bond acceptors (Lipinski definition) is 12. The third-order valence-corrected chi connectivity index (χ3v) is 20.9. The van der Waals surface area contributed by atoms with Crippen molar-refractivity contribution in [3.8, 4) is 5.75 Å². The number of aryl methyl sites for hydroxylation is 1. The summed E-state index contributed by atoms with van der Waals surface area (Å²) in [5.74, 6) is -1.01. The summed E-state index contributed by atoms with van der Waals surface area (Å²) in [7, 11) is -9.54. The van der Waals surface area contributed by atoms with Gasteiger partial charge < -0.3 is 29.7 Å². The fourth-order valence-electron chi connectivity index (χ4n) is 5.71. The molecule has 4 rings (SSSR count). The molecule has 1 aromatic carbocycles. The number of phenols is 1. The minimum Gasteiger partial charge on any atom is -0.507 e. The van der Waals surface area contributed by atoms with E-state index in [1.807, 2.05) is 47.0 Å². The van der Waals surface area contributed by atoms with Gasteiger partial charge in [-0.2, -0.15) is 8.42 Å². The number of rotatable bonds is 12. The maximum Gasteiger partial charge on any atom is 0.333 e. The van der Waals surface area contributed by atoms with Gasteiger partial charge in [0.1, 0.15) is 18.0 Å². The van der Waals surface area contributed by atoms with Gasteiger partial charge in [0.25, 0.3) is 21.6 Å². The van der Waals surface area contributed by atoms with Crippen LogP contribution in [-0.4, -0.2) is 76.2 Å². The Hall–Kier alpha value is -3.76. The molecule has 1 saturated heterocycles. The van der Waals surface area contributed by atoms with E-state index in [4.69, 9.17) is 29.0 Å². The van der Waals surface area contributed by atoms with Crippen molar-refractivity contribution in [2.75, 3.05) is 13.2 Å². The average molecular weight is 808 g/mol. The second-order valence-electron chi connectivity index (χ2n) is 16.8. The van der Waals surface area contributed by atoms with Gasteiger partial charge in [-0.3, -0.25) is 18.7 Å². The van der Waals surface area contributed by atoms with Gasteiger partial charge in [-0.25, -0.2) is 8.98 Å². The van der Waals surface area contributed by atoms with Crippen LogP contribution in [0.5, 0.6) is 5.75 Å². The minimum atomic E-state index is -4.30. The highest BCUT2D eigenvalue weighted by atomic mass is 32.2. The number of benzene rings is 1. The van der Waals surface area contributed by atoms with E-state index in [-0.39, 0.29) is 64.5 Å². The molecule has 1 amide bonds. The molecule has 20 heteroatoms. The molecule has 54 heavy (non-hydrogen) atoms. The lowest BCUT2D eigenvalue weighted by Gasteiger charge is -2.43. The molecule has 1 fully saturated rings. The molecule has 3 heterocycles. The van der Waals surface area contributed by atoms with E-state index in [9.17, 15) is 27.9 Å². The normalized spacial score (nSPS) is 22.9. The summed E-state index contributed by atoms with van der Waals surface area (Å²) < 4.78 is 54.5. The van der Waals surface area contributed by atoms with Gasteiger partial charge in [0.2, 0.25) is 0 Å². The summed E-state index contributed by atoms with van der Waals surface area (Å²) in [5, 5.41) is 16.5. The van der Waals surface area contributed by atoms with Crippen molar-refractivity contribution < 1.29 is 36.1 Å². The van der Waals surface area contributed by atoms with Crippen LogP contribution in [0.1, 0.15) is 70.1 Å². The standard InChI is InChI=1S/C34H53N7O10SSi2/c1-21-18-41(31(45)40(29(21)44)16-12-15-37-28(43)23-14-13-22(38-39-36)17-24(23)42)30-27(50-54(10,11)33(5,6)7)34(25(35)20-52(46,47)51-34)26(49-30)19-48-53(8,9)32(2,3)4/h13-14,17-18,20,26-27,30,42H,12,15-16,19,35H2,1-11H3,(H,37,43)/t26-,27+,30-,34-/m1/s1. The first-order chi connectivity index (χ1) is 24.7. The van der Waals surface area contributed by atoms with Crippen LogP contribution in [0.4, 0.5) is 5.69 Å². The van der Waals surface area contributed by atoms with Crippen molar-refractivity contribution in [1.82, 2.24) is 14.5 Å². The van der Waals surface area contributed by atoms with Crippen LogP contribution >= 0.6 is 0 Å². The Balaban J connectivity index is 1.74. The Morgan fingerprint density at radius 3 is 2.30 bits per heavy atom. The van der Waals surface area contributed by atoms with Crippen molar-refractivity contribution in [2.45, 2.75) is 122 Å². The number of aromatic hydroxyl groups is 1. The lowest BCUT2D eigenvalue weighted by Crippen LogP contribution is -2.59. The lowest BCUT2D eigenvalue weighted by atomic mass is 9.89. The number of nitrogens with two attached hydrogens (primary N) is 1. The molecule has 4 N–H and O–H groups in total. The largest absolute Gasteiger partial charge is 0.507 e. The number of aromatic nitrogens is 2. The molecular weight excluding hydrogens is 755 g/mol. The summed E-state index contributed by atoms with van der Waals surface area (Å²) in [6, 6.07) is 3.83. The van der Waals surface area contributed by atoms with E-state index in [1.165, 1.54) is 29.8 Å². The van der Waals surface area contributed by atoms with Crippen LogP contribution in [0, 0.1) is 6.92 Å². The molecule has 298 valence electrons. The number of nitrogens with zero attached hydrogens (tertiary/aromatic N) is 5. The number of ether oxygens (including phenoxy) is 1. The van der Waals surface area contributed by atoms with Crippen molar-refractivity contribution >= 4 is 38.3 Å². The number of hydrogen-bond donors (Lipinski definition) is 3. The topological polar surface area (TPSA) is 239 Å². The Kier molecular flexibility index (Phi) is 12.0. The monoisotopic (exact) mass is 807 g/mol. The predicted octanol–water partition coefficient (Wildman–Crippen LogP) is 4.99. The first kappa shape index (κ1) is 43.0. The van der Waals surface area contributed by atoms with E-state index in [1.54, 1.807) is 0 Å². The molecule has 0 aliphatic carbocycles. The number of carbonyl (C=O) groups excluding carboxylic acids is 1. The van der Waals surface area contributed by atoms with E-state index < -0.39 is 67.9 Å². The number of azide groups is 1. The first-order valence-electron chi connectivity index (χ1n) is 17.6. The molecule has 2 aliphatic rings. The molecule has 0 radical (unpaired) electrons. The second-order valence-corrected chi connectivity index (χ2v) is 27.7. The number of phenolic OH excluding ortho intramolecular Hbond substituents is 1.